The van der Waals surface area contributed by atoms with E-state index in [1.807, 2.05) is 47.8 Å². The maximum atomic E-state index is 10.6. The minimum atomic E-state index is -0.558. The van der Waals surface area contributed by atoms with Crippen LogP contribution in [0.2, 0.25) is 0 Å². The lowest BCUT2D eigenvalue weighted by molar-refractivity contribution is 0.0663. The number of aliphatic hydroxyl groups excluding tert-OH is 1. The molecule has 1 aliphatic rings. The second-order valence-electron chi connectivity index (χ2n) is 8.12. The number of methoxy groups -OCH3 is 1. The van der Waals surface area contributed by atoms with Crippen LogP contribution in [-0.4, -0.2) is 67.7 Å². The lowest BCUT2D eigenvalue weighted by Crippen LogP contribution is -2.49. The Morgan fingerprint density at radius 2 is 1.88 bits per heavy atom. The van der Waals surface area contributed by atoms with Gasteiger partial charge in [-0.1, -0.05) is 17.3 Å². The highest BCUT2D eigenvalue weighted by Gasteiger charge is 2.20. The van der Waals surface area contributed by atoms with Crippen molar-refractivity contribution < 1.29 is 19.1 Å². The molecule has 33 heavy (non-hydrogen) atoms. The number of rotatable bonds is 8. The van der Waals surface area contributed by atoms with Crippen LogP contribution in [0.5, 0.6) is 11.5 Å². The summed E-state index contributed by atoms with van der Waals surface area (Å²) in [6, 6.07) is 17.8. The Kier molecular flexibility index (Phi) is 6.48. The van der Waals surface area contributed by atoms with Gasteiger partial charge in [-0.25, -0.2) is 0 Å². The third kappa shape index (κ3) is 4.98. The molecule has 4 aromatic rings. The number of nitrogens with zero attached hydrogens (tertiary/aromatic N) is 3. The molecule has 0 radical (unpaired) electrons. The van der Waals surface area contributed by atoms with Gasteiger partial charge in [0.15, 0.2) is 5.58 Å². The molecule has 0 aliphatic carbocycles. The Morgan fingerprint density at radius 3 is 2.67 bits per heavy atom. The molecule has 2 aromatic carbocycles. The predicted molar refractivity (Wildman–Crippen MR) is 130 cm³/mol. The quantitative estimate of drug-likeness (QED) is 0.420. The molecule has 1 N–H and O–H groups in total. The van der Waals surface area contributed by atoms with Crippen molar-refractivity contribution >= 4 is 27.3 Å². The highest BCUT2D eigenvalue weighted by Crippen LogP contribution is 2.33. The first-order valence-electron chi connectivity index (χ1n) is 11.0. The SMILES string of the molecule is COc1ccc(N2CCN(CC(O)COc3cccc(-c4noc5ccsc45)c3)CC2)cc1. The normalized spacial score (nSPS) is 15.6. The molecule has 1 fully saturated rings. The maximum Gasteiger partial charge on any atom is 0.178 e. The molecule has 7 nitrogen and oxygen atoms in total. The van der Waals surface area contributed by atoms with Crippen LogP contribution in [0.15, 0.2) is 64.5 Å². The number of piperazine rings is 1. The summed E-state index contributed by atoms with van der Waals surface area (Å²) in [5, 5.41) is 16.7. The molecule has 0 amide bonds. The number of aromatic nitrogens is 1. The third-order valence-corrected chi connectivity index (χ3v) is 6.81. The van der Waals surface area contributed by atoms with Crippen molar-refractivity contribution in [2.45, 2.75) is 6.10 Å². The van der Waals surface area contributed by atoms with Gasteiger partial charge in [0.25, 0.3) is 0 Å². The Balaban J connectivity index is 1.11. The summed E-state index contributed by atoms with van der Waals surface area (Å²) >= 11 is 1.61. The number of hydrogen-bond acceptors (Lipinski definition) is 8. The highest BCUT2D eigenvalue weighted by molar-refractivity contribution is 7.17. The fourth-order valence-corrected chi connectivity index (χ4v) is 4.94. The fraction of sp³-hybridized carbons (Fsp3) is 0.320. The smallest absolute Gasteiger partial charge is 0.178 e. The van der Waals surface area contributed by atoms with Gasteiger partial charge in [-0.2, -0.15) is 0 Å². The van der Waals surface area contributed by atoms with Crippen LogP contribution in [0, 0.1) is 0 Å². The number of β-amino-alcohol motifs (C(OH)–C–C–N with tert-alkyl or cyclic N) is 1. The predicted octanol–water partition coefficient (Wildman–Crippen LogP) is 4.13. The topological polar surface area (TPSA) is 71.2 Å². The van der Waals surface area contributed by atoms with Gasteiger partial charge in [0.2, 0.25) is 0 Å². The molecule has 5 rings (SSSR count). The Morgan fingerprint density at radius 1 is 1.06 bits per heavy atom. The van der Waals surface area contributed by atoms with Crippen molar-refractivity contribution in [2.24, 2.45) is 0 Å². The number of benzene rings is 2. The molecule has 1 atom stereocenters. The number of hydrogen-bond donors (Lipinski definition) is 1. The zero-order valence-corrected chi connectivity index (χ0v) is 19.3. The van der Waals surface area contributed by atoms with E-state index in [1.165, 1.54) is 5.69 Å². The standard InChI is InChI=1S/C25H27N3O4S/c1-30-21-7-5-19(6-8-21)28-12-10-27(11-13-28)16-20(29)17-31-22-4-2-3-18(15-22)24-25-23(32-26-24)9-14-33-25/h2-9,14-15,20,29H,10-13,16-17H2,1H3. The Labute approximate surface area is 196 Å². The summed E-state index contributed by atoms with van der Waals surface area (Å²) in [6.45, 7) is 4.50. The molecule has 0 bridgehead atoms. The van der Waals surface area contributed by atoms with Crippen LogP contribution in [0.25, 0.3) is 21.5 Å². The number of ether oxygens (including phenoxy) is 2. The minimum Gasteiger partial charge on any atom is -0.497 e. The summed E-state index contributed by atoms with van der Waals surface area (Å²) in [5.74, 6) is 1.58. The summed E-state index contributed by atoms with van der Waals surface area (Å²) in [7, 11) is 1.68. The molecule has 0 saturated carbocycles. The molecule has 1 unspecified atom stereocenters. The third-order valence-electron chi connectivity index (χ3n) is 5.91. The molecular weight excluding hydrogens is 438 g/mol. The second kappa shape index (κ2) is 9.82. The fourth-order valence-electron chi connectivity index (χ4n) is 4.12. The first-order chi connectivity index (χ1) is 16.2. The van der Waals surface area contributed by atoms with Gasteiger partial charge < -0.3 is 24.0 Å². The molecular formula is C25H27N3O4S. The van der Waals surface area contributed by atoms with E-state index >= 15 is 0 Å². The molecule has 2 aromatic heterocycles. The number of anilines is 1. The van der Waals surface area contributed by atoms with Gasteiger partial charge in [-0.3, -0.25) is 4.90 Å². The van der Waals surface area contributed by atoms with Gasteiger partial charge in [0, 0.05) is 44.0 Å². The van der Waals surface area contributed by atoms with Crippen molar-refractivity contribution in [1.82, 2.24) is 10.1 Å². The van der Waals surface area contributed by atoms with E-state index in [0.29, 0.717) is 12.3 Å². The van der Waals surface area contributed by atoms with E-state index in [0.717, 1.165) is 53.5 Å². The van der Waals surface area contributed by atoms with Crippen LogP contribution in [0.1, 0.15) is 0 Å². The van der Waals surface area contributed by atoms with Gasteiger partial charge in [-0.05, 0) is 47.8 Å². The van der Waals surface area contributed by atoms with Gasteiger partial charge in [0.05, 0.1) is 7.11 Å². The van der Waals surface area contributed by atoms with Crippen LogP contribution in [0.4, 0.5) is 5.69 Å². The van der Waals surface area contributed by atoms with Crippen molar-refractivity contribution in [3.05, 3.63) is 60.0 Å². The van der Waals surface area contributed by atoms with E-state index in [1.54, 1.807) is 18.4 Å². The lowest BCUT2D eigenvalue weighted by atomic mass is 10.1. The lowest BCUT2D eigenvalue weighted by Gasteiger charge is -2.36. The molecule has 8 heteroatoms. The molecule has 3 heterocycles. The number of aliphatic hydroxyl groups is 1. The summed E-state index contributed by atoms with van der Waals surface area (Å²) < 4.78 is 17.5. The van der Waals surface area contributed by atoms with Crippen LogP contribution < -0.4 is 14.4 Å². The first-order valence-corrected chi connectivity index (χ1v) is 11.9. The zero-order chi connectivity index (χ0) is 22.6. The van der Waals surface area contributed by atoms with E-state index < -0.39 is 6.10 Å². The van der Waals surface area contributed by atoms with Gasteiger partial charge >= 0.3 is 0 Å². The molecule has 1 aliphatic heterocycles. The van der Waals surface area contributed by atoms with Gasteiger partial charge in [-0.15, -0.1) is 11.3 Å². The van der Waals surface area contributed by atoms with Crippen LogP contribution in [0.3, 0.4) is 0 Å². The zero-order valence-electron chi connectivity index (χ0n) is 18.5. The average Bonchev–Trinajstić information content (AvgIpc) is 3.48. The van der Waals surface area contributed by atoms with E-state index in [-0.39, 0.29) is 6.61 Å². The van der Waals surface area contributed by atoms with Crippen LogP contribution in [-0.2, 0) is 0 Å². The average molecular weight is 466 g/mol. The molecule has 1 saturated heterocycles. The monoisotopic (exact) mass is 465 g/mol. The van der Waals surface area contributed by atoms with Crippen molar-refractivity contribution in [1.29, 1.82) is 0 Å². The van der Waals surface area contributed by atoms with E-state index in [4.69, 9.17) is 14.0 Å². The summed E-state index contributed by atoms with van der Waals surface area (Å²) in [5.41, 5.74) is 3.76. The largest absolute Gasteiger partial charge is 0.497 e. The Hall–Kier alpha value is -3.07. The number of thiophene rings is 1. The minimum absolute atomic E-state index is 0.245. The highest BCUT2D eigenvalue weighted by atomic mass is 32.1. The Bertz CT molecular complexity index is 1180. The second-order valence-corrected chi connectivity index (χ2v) is 9.04. The number of fused-ring (bicyclic) bond motifs is 1. The van der Waals surface area contributed by atoms with Crippen molar-refractivity contribution in [2.75, 3.05) is 51.3 Å². The van der Waals surface area contributed by atoms with Crippen LogP contribution >= 0.6 is 11.3 Å². The summed E-state index contributed by atoms with van der Waals surface area (Å²) in [4.78, 5) is 4.65. The first kappa shape index (κ1) is 21.8. The maximum absolute atomic E-state index is 10.6. The summed E-state index contributed by atoms with van der Waals surface area (Å²) in [6.07, 6.45) is -0.558. The molecule has 172 valence electrons. The van der Waals surface area contributed by atoms with E-state index in [2.05, 4.69) is 27.1 Å². The van der Waals surface area contributed by atoms with Gasteiger partial charge in [0.1, 0.15) is 34.6 Å². The molecule has 0 spiro atoms. The van der Waals surface area contributed by atoms with E-state index in [9.17, 15) is 5.11 Å². The van der Waals surface area contributed by atoms with Crippen molar-refractivity contribution in [3.8, 4) is 22.8 Å². The van der Waals surface area contributed by atoms with Crippen molar-refractivity contribution in [3.63, 3.8) is 0 Å².